The van der Waals surface area contributed by atoms with Crippen molar-refractivity contribution in [1.82, 2.24) is 9.97 Å². The van der Waals surface area contributed by atoms with Gasteiger partial charge in [0.15, 0.2) is 11.4 Å². The van der Waals surface area contributed by atoms with Gasteiger partial charge >= 0.3 is 6.09 Å². The average Bonchev–Trinajstić information content (AvgIpc) is 3.21. The predicted molar refractivity (Wildman–Crippen MR) is 119 cm³/mol. The van der Waals surface area contributed by atoms with Crippen LogP contribution in [-0.2, 0) is 9.53 Å². The number of ether oxygens (including phenoxy) is 3. The van der Waals surface area contributed by atoms with Crippen LogP contribution in [0, 0.1) is 0 Å². The molecule has 0 bridgehead atoms. The van der Waals surface area contributed by atoms with Crippen molar-refractivity contribution in [2.24, 2.45) is 5.73 Å². The number of hydrogen-bond donors (Lipinski definition) is 1. The first-order chi connectivity index (χ1) is 15.9. The number of nitrogens with two attached hydrogens (primary N) is 1. The summed E-state index contributed by atoms with van der Waals surface area (Å²) in [6, 6.07) is 15.8. The van der Waals surface area contributed by atoms with Crippen molar-refractivity contribution in [3.63, 3.8) is 0 Å². The van der Waals surface area contributed by atoms with Crippen LogP contribution in [0.15, 0.2) is 65.2 Å². The van der Waals surface area contributed by atoms with E-state index in [9.17, 15) is 9.59 Å². The van der Waals surface area contributed by atoms with E-state index in [0.717, 1.165) is 5.56 Å². The molecule has 9 heteroatoms. The number of carbonyl (C=O) groups is 2. The Bertz CT molecular complexity index is 1300. The highest BCUT2D eigenvalue weighted by Crippen LogP contribution is 2.29. The molecule has 1 atom stereocenters. The fourth-order valence-corrected chi connectivity index (χ4v) is 3.06. The molecular formula is C24H21N3O6. The maximum absolute atomic E-state index is 11.1. The largest absolute Gasteiger partial charge is 0.486 e. The molecule has 0 spiro atoms. The molecule has 2 N–H and O–H groups in total. The highest BCUT2D eigenvalue weighted by Gasteiger charge is 2.14. The molecule has 4 aromatic rings. The fourth-order valence-electron chi connectivity index (χ4n) is 3.06. The quantitative estimate of drug-likeness (QED) is 0.408. The van der Waals surface area contributed by atoms with Gasteiger partial charge in [-0.1, -0.05) is 12.1 Å². The zero-order chi connectivity index (χ0) is 23.4. The number of benzene rings is 2. The molecule has 33 heavy (non-hydrogen) atoms. The zero-order valence-electron chi connectivity index (χ0n) is 18.0. The lowest BCUT2D eigenvalue weighted by Gasteiger charge is -2.10. The number of ketones is 1. The van der Waals surface area contributed by atoms with Gasteiger partial charge in [-0.05, 0) is 49.7 Å². The molecule has 0 radical (unpaired) electrons. The summed E-state index contributed by atoms with van der Waals surface area (Å²) in [4.78, 5) is 30.9. The van der Waals surface area contributed by atoms with Gasteiger partial charge in [-0.25, -0.2) is 14.8 Å². The molecule has 0 saturated heterocycles. The van der Waals surface area contributed by atoms with Crippen LogP contribution in [-0.4, -0.2) is 28.5 Å². The topological polar surface area (TPSA) is 127 Å². The van der Waals surface area contributed by atoms with Gasteiger partial charge in [-0.15, -0.1) is 0 Å². The Morgan fingerprint density at radius 1 is 1.09 bits per heavy atom. The summed E-state index contributed by atoms with van der Waals surface area (Å²) in [6.45, 7) is 3.18. The van der Waals surface area contributed by atoms with Gasteiger partial charge in [0.05, 0.1) is 5.56 Å². The minimum absolute atomic E-state index is 0.000522. The molecule has 0 aliphatic heterocycles. The molecule has 168 valence electrons. The first kappa shape index (κ1) is 21.8. The van der Waals surface area contributed by atoms with E-state index in [1.54, 1.807) is 67.7 Å². The number of amides is 1. The van der Waals surface area contributed by atoms with E-state index < -0.39 is 12.2 Å². The van der Waals surface area contributed by atoms with Gasteiger partial charge in [0.2, 0.25) is 11.8 Å². The van der Waals surface area contributed by atoms with Crippen molar-refractivity contribution in [3.05, 3.63) is 66.4 Å². The van der Waals surface area contributed by atoms with Gasteiger partial charge in [0.1, 0.15) is 29.7 Å². The van der Waals surface area contributed by atoms with Crippen molar-refractivity contribution in [2.45, 2.75) is 20.0 Å². The number of pyridine rings is 1. The molecule has 2 heterocycles. The monoisotopic (exact) mass is 447 g/mol. The van der Waals surface area contributed by atoms with Crippen molar-refractivity contribution >= 4 is 23.0 Å². The minimum Gasteiger partial charge on any atom is -0.486 e. The standard InChI is InChI=1S/C24H21N3O6/c1-14(28)13-30-18-4-3-5-19(11-18)32-22-9-7-17(12-26-22)23-27-20-8-6-16(10-21(20)33-23)15(2)31-24(25)29/h3-12,15H,13H2,1-2H3,(H2,25,29). The Balaban J connectivity index is 1.48. The second kappa shape index (κ2) is 9.39. The highest BCUT2D eigenvalue weighted by molar-refractivity contribution is 5.77. The van der Waals surface area contributed by atoms with E-state index in [0.29, 0.717) is 39.9 Å². The molecule has 0 aliphatic carbocycles. The second-order valence-corrected chi connectivity index (χ2v) is 7.28. The van der Waals surface area contributed by atoms with Gasteiger partial charge in [0, 0.05) is 18.3 Å². The van der Waals surface area contributed by atoms with E-state index >= 15 is 0 Å². The Morgan fingerprint density at radius 2 is 1.91 bits per heavy atom. The lowest BCUT2D eigenvalue weighted by Crippen LogP contribution is -2.15. The van der Waals surface area contributed by atoms with Crippen LogP contribution in [0.5, 0.6) is 17.4 Å². The summed E-state index contributed by atoms with van der Waals surface area (Å²) in [5.41, 5.74) is 7.69. The molecule has 2 aromatic heterocycles. The second-order valence-electron chi connectivity index (χ2n) is 7.28. The number of primary amides is 1. The normalized spacial score (nSPS) is 11.7. The number of Topliss-reactive ketones (excluding diaryl/α,β-unsaturated/α-hetero) is 1. The Morgan fingerprint density at radius 3 is 2.64 bits per heavy atom. The molecule has 0 fully saturated rings. The van der Waals surface area contributed by atoms with Crippen LogP contribution in [0.3, 0.4) is 0 Å². The molecule has 0 saturated carbocycles. The average molecular weight is 447 g/mol. The maximum atomic E-state index is 11.1. The molecule has 1 unspecified atom stereocenters. The van der Waals surface area contributed by atoms with Gasteiger partial charge in [-0.2, -0.15) is 0 Å². The molecule has 9 nitrogen and oxygen atoms in total. The van der Waals surface area contributed by atoms with Crippen molar-refractivity contribution in [1.29, 1.82) is 0 Å². The Labute approximate surface area is 189 Å². The number of fused-ring (bicyclic) bond motifs is 1. The summed E-state index contributed by atoms with van der Waals surface area (Å²) in [7, 11) is 0. The summed E-state index contributed by atoms with van der Waals surface area (Å²) < 4.78 is 22.0. The molecule has 1 amide bonds. The predicted octanol–water partition coefficient (Wildman–Crippen LogP) is 4.81. The molecule has 4 rings (SSSR count). The zero-order valence-corrected chi connectivity index (χ0v) is 18.0. The smallest absolute Gasteiger partial charge is 0.405 e. The van der Waals surface area contributed by atoms with Crippen LogP contribution in [0.2, 0.25) is 0 Å². The van der Waals surface area contributed by atoms with E-state index in [2.05, 4.69) is 9.97 Å². The Kier molecular flexibility index (Phi) is 6.21. The Hall–Kier alpha value is -4.40. The number of carbonyl (C=O) groups excluding carboxylic acids is 2. The SMILES string of the molecule is CC(=O)COc1cccc(Oc2ccc(-c3nc4ccc(C(C)OC(N)=O)cc4o3)cn2)c1. The van der Waals surface area contributed by atoms with Crippen LogP contribution < -0.4 is 15.2 Å². The summed E-state index contributed by atoms with van der Waals surface area (Å²) in [5.74, 6) is 1.75. The van der Waals surface area contributed by atoms with Gasteiger partial charge in [-0.3, -0.25) is 4.79 Å². The van der Waals surface area contributed by atoms with Crippen molar-refractivity contribution < 1.29 is 28.2 Å². The first-order valence-electron chi connectivity index (χ1n) is 10.1. The molecular weight excluding hydrogens is 426 g/mol. The van der Waals surface area contributed by atoms with Crippen LogP contribution in [0.1, 0.15) is 25.5 Å². The summed E-state index contributed by atoms with van der Waals surface area (Å²) in [6.07, 6.45) is 0.241. The number of hydrogen-bond acceptors (Lipinski definition) is 8. The van der Waals surface area contributed by atoms with E-state index in [1.165, 1.54) is 6.92 Å². The lowest BCUT2D eigenvalue weighted by molar-refractivity contribution is -0.118. The molecule has 0 aliphatic rings. The number of oxazole rings is 1. The third-order valence-electron chi connectivity index (χ3n) is 4.63. The van der Waals surface area contributed by atoms with Gasteiger partial charge in [0.25, 0.3) is 0 Å². The maximum Gasteiger partial charge on any atom is 0.405 e. The highest BCUT2D eigenvalue weighted by atomic mass is 16.6. The first-order valence-corrected chi connectivity index (χ1v) is 10.1. The van der Waals surface area contributed by atoms with Crippen molar-refractivity contribution in [3.8, 4) is 28.8 Å². The summed E-state index contributed by atoms with van der Waals surface area (Å²) in [5, 5.41) is 0. The van der Waals surface area contributed by atoms with Crippen molar-refractivity contribution in [2.75, 3.05) is 6.61 Å². The van der Waals surface area contributed by atoms with E-state index in [-0.39, 0.29) is 12.4 Å². The third-order valence-corrected chi connectivity index (χ3v) is 4.63. The van der Waals surface area contributed by atoms with E-state index in [4.69, 9.17) is 24.4 Å². The van der Waals surface area contributed by atoms with Crippen LogP contribution in [0.4, 0.5) is 4.79 Å². The minimum atomic E-state index is -0.843. The fraction of sp³-hybridized carbons (Fsp3) is 0.167. The van der Waals surface area contributed by atoms with Crippen LogP contribution >= 0.6 is 0 Å². The number of aromatic nitrogens is 2. The lowest BCUT2D eigenvalue weighted by atomic mass is 10.1. The number of rotatable bonds is 8. The summed E-state index contributed by atoms with van der Waals surface area (Å²) >= 11 is 0. The number of nitrogens with zero attached hydrogens (tertiary/aromatic N) is 2. The molecule has 2 aromatic carbocycles. The van der Waals surface area contributed by atoms with E-state index in [1.807, 2.05) is 0 Å². The van der Waals surface area contributed by atoms with Gasteiger partial charge < -0.3 is 24.4 Å². The van der Waals surface area contributed by atoms with Crippen LogP contribution in [0.25, 0.3) is 22.6 Å². The third kappa shape index (κ3) is 5.45.